The summed E-state index contributed by atoms with van der Waals surface area (Å²) in [6.07, 6.45) is 0. The third-order valence-electron chi connectivity index (χ3n) is 0.447. The second-order valence-electron chi connectivity index (χ2n) is 2.01. The minimum Gasteiger partial charge on any atom is -0.194 e. The van der Waals surface area contributed by atoms with Crippen LogP contribution in [0, 0.1) is 0 Å². The molecule has 0 fully saturated rings. The number of rotatable bonds is 0. The molecular weight excluding hydrogens is 86.1 g/mol. The van der Waals surface area contributed by atoms with Crippen molar-refractivity contribution in [3.63, 3.8) is 0 Å². The van der Waals surface area contributed by atoms with E-state index in [-0.39, 0.29) is 0 Å². The van der Waals surface area contributed by atoms with Gasteiger partial charge < -0.3 is 0 Å². The number of nitrogens with zero attached hydrogens (tertiary/aromatic N) is 1. The summed E-state index contributed by atoms with van der Waals surface area (Å²) in [5, 5.41) is 0. The molecule has 0 heterocycles. The molecule has 0 bridgehead atoms. The lowest BCUT2D eigenvalue weighted by atomic mass is 10.4. The first kappa shape index (κ1) is 6.45. The van der Waals surface area contributed by atoms with E-state index in [4.69, 9.17) is 0 Å². The molecule has 1 nitrogen and oxygen atoms in total. The van der Waals surface area contributed by atoms with Crippen molar-refractivity contribution in [1.29, 1.82) is 0 Å². The summed E-state index contributed by atoms with van der Waals surface area (Å²) in [7, 11) is 3.93. The van der Waals surface area contributed by atoms with E-state index in [0.717, 1.165) is 0 Å². The molecule has 0 aliphatic rings. The van der Waals surface area contributed by atoms with Crippen molar-refractivity contribution >= 4 is 5.87 Å². The predicted octanol–water partition coefficient (Wildman–Crippen LogP) is 0.894. The zero-order valence-corrected chi connectivity index (χ0v) is 5.45. The van der Waals surface area contributed by atoms with Crippen molar-refractivity contribution in [3.05, 3.63) is 5.57 Å². The zero-order chi connectivity index (χ0) is 5.86. The van der Waals surface area contributed by atoms with Crippen LogP contribution in [0.15, 0.2) is 5.57 Å². The molecule has 0 aromatic carbocycles. The topological polar surface area (TPSA) is 3.01 Å². The molecule has 0 radical (unpaired) electrons. The molecule has 0 aromatic rings. The van der Waals surface area contributed by atoms with Gasteiger partial charge in [-0.15, -0.1) is 0 Å². The van der Waals surface area contributed by atoms with Gasteiger partial charge in [0.25, 0.3) is 0 Å². The van der Waals surface area contributed by atoms with Crippen molar-refractivity contribution in [1.82, 2.24) is 0 Å². The van der Waals surface area contributed by atoms with Crippen LogP contribution in [0.3, 0.4) is 0 Å². The van der Waals surface area contributed by atoms with Gasteiger partial charge >= 0.3 is 0 Å². The van der Waals surface area contributed by atoms with Gasteiger partial charge in [-0.25, -0.2) is 0 Å². The minimum absolute atomic E-state index is 1.21. The number of allylic oxidation sites excluding steroid dienone is 1. The highest BCUT2D eigenvalue weighted by Gasteiger charge is 1.75. The monoisotopic (exact) mass is 98.1 g/mol. The molecular formula is C6H12N+. The molecule has 0 aliphatic heterocycles. The average Bonchev–Trinajstić information content (AvgIpc) is 1.27. The molecule has 7 heavy (non-hydrogen) atoms. The summed E-state index contributed by atoms with van der Waals surface area (Å²) in [4.78, 5) is 0. The quantitative estimate of drug-likeness (QED) is 0.313. The zero-order valence-electron chi connectivity index (χ0n) is 5.45. The van der Waals surface area contributed by atoms with E-state index in [2.05, 4.69) is 5.87 Å². The molecule has 0 saturated carbocycles. The lowest BCUT2D eigenvalue weighted by Gasteiger charge is -1.73. The first-order valence-electron chi connectivity index (χ1n) is 2.37. The predicted molar refractivity (Wildman–Crippen MR) is 32.0 cm³/mol. The number of hydrogen-bond donors (Lipinski definition) is 0. The second-order valence-corrected chi connectivity index (χ2v) is 2.01. The highest BCUT2D eigenvalue weighted by molar-refractivity contribution is 5.50. The van der Waals surface area contributed by atoms with Gasteiger partial charge in [0.1, 0.15) is 14.1 Å². The Morgan fingerprint density at radius 2 is 1.71 bits per heavy atom. The average molecular weight is 98.2 g/mol. The third kappa shape index (κ3) is 5.45. The second kappa shape index (κ2) is 2.59. The van der Waals surface area contributed by atoms with E-state index in [1.54, 1.807) is 0 Å². The fourth-order valence-electron chi connectivity index (χ4n) is 0.447. The highest BCUT2D eigenvalue weighted by Crippen LogP contribution is 1.74. The number of hydrogen-bond acceptors (Lipinski definition) is 0. The molecule has 40 valence electrons. The summed E-state index contributed by atoms with van der Waals surface area (Å²) < 4.78 is 1.91. The van der Waals surface area contributed by atoms with Crippen LogP contribution in [0.4, 0.5) is 0 Å². The fourth-order valence-corrected chi connectivity index (χ4v) is 0.447. The van der Waals surface area contributed by atoms with Crippen LogP contribution in [0.5, 0.6) is 0 Å². The van der Waals surface area contributed by atoms with E-state index in [1.807, 2.05) is 32.5 Å². The van der Waals surface area contributed by atoms with Crippen molar-refractivity contribution in [3.8, 4) is 0 Å². The van der Waals surface area contributed by atoms with Crippen molar-refractivity contribution in [2.75, 3.05) is 14.1 Å². The van der Waals surface area contributed by atoms with Gasteiger partial charge in [-0.05, 0) is 13.8 Å². The van der Waals surface area contributed by atoms with E-state index in [1.165, 1.54) is 5.57 Å². The fraction of sp³-hybridized carbons (Fsp3) is 0.667. The van der Waals surface area contributed by atoms with Crippen LogP contribution in [-0.4, -0.2) is 24.5 Å². The molecule has 0 saturated heterocycles. The van der Waals surface area contributed by atoms with Gasteiger partial charge in [-0.1, -0.05) is 0 Å². The molecule has 0 rings (SSSR count). The molecule has 0 N–H and O–H groups in total. The summed E-state index contributed by atoms with van der Waals surface area (Å²) in [6, 6.07) is 0. The molecule has 0 aromatic heterocycles. The highest BCUT2D eigenvalue weighted by atomic mass is 14.9. The molecule has 0 spiro atoms. The van der Waals surface area contributed by atoms with Crippen LogP contribution >= 0.6 is 0 Å². The maximum Gasteiger partial charge on any atom is 0.165 e. The van der Waals surface area contributed by atoms with Crippen LogP contribution in [0.2, 0.25) is 0 Å². The van der Waals surface area contributed by atoms with Crippen LogP contribution in [0.1, 0.15) is 13.8 Å². The summed E-state index contributed by atoms with van der Waals surface area (Å²) in [5.74, 6) is 3.06. The van der Waals surface area contributed by atoms with Crippen molar-refractivity contribution < 1.29 is 4.58 Å². The van der Waals surface area contributed by atoms with Gasteiger partial charge in [-0.2, -0.15) is 4.58 Å². The largest absolute Gasteiger partial charge is 0.194 e. The van der Waals surface area contributed by atoms with E-state index < -0.39 is 0 Å². The third-order valence-corrected chi connectivity index (χ3v) is 0.447. The lowest BCUT2D eigenvalue weighted by Crippen LogP contribution is -1.92. The summed E-state index contributed by atoms with van der Waals surface area (Å²) in [6.45, 7) is 4.06. The van der Waals surface area contributed by atoms with Gasteiger partial charge in [-0.3, -0.25) is 0 Å². The molecule has 0 aliphatic carbocycles. The molecule has 0 amide bonds. The standard InChI is InChI=1S/C6H12N/c1-6(2)5-7(3)4/h1-4H3/q+1. The van der Waals surface area contributed by atoms with Gasteiger partial charge in [0, 0.05) is 5.57 Å². The Bertz CT molecular complexity index is 96.1. The molecule has 0 atom stereocenters. The molecule has 0 unspecified atom stereocenters. The smallest absolute Gasteiger partial charge is 0.165 e. The Hall–Kier alpha value is -0.550. The van der Waals surface area contributed by atoms with Gasteiger partial charge in [0.2, 0.25) is 0 Å². The van der Waals surface area contributed by atoms with Gasteiger partial charge in [0.15, 0.2) is 5.87 Å². The van der Waals surface area contributed by atoms with Gasteiger partial charge in [0.05, 0.1) is 0 Å². The first-order valence-corrected chi connectivity index (χ1v) is 2.37. The SMILES string of the molecule is CC(C)=C=[N+](C)C. The maximum absolute atomic E-state index is 3.06. The molecule has 1 heteroatoms. The maximum atomic E-state index is 3.06. The normalized spacial score (nSPS) is 7.43. The van der Waals surface area contributed by atoms with Crippen LogP contribution in [-0.2, 0) is 0 Å². The summed E-state index contributed by atoms with van der Waals surface area (Å²) in [5.41, 5.74) is 1.21. The Kier molecular flexibility index (Phi) is 2.39. The van der Waals surface area contributed by atoms with E-state index in [9.17, 15) is 0 Å². The van der Waals surface area contributed by atoms with Crippen molar-refractivity contribution in [2.24, 2.45) is 0 Å². The Balaban J connectivity index is 4.13. The minimum atomic E-state index is 1.21. The van der Waals surface area contributed by atoms with Crippen LogP contribution < -0.4 is 0 Å². The summed E-state index contributed by atoms with van der Waals surface area (Å²) >= 11 is 0. The van der Waals surface area contributed by atoms with E-state index >= 15 is 0 Å². The van der Waals surface area contributed by atoms with E-state index in [0.29, 0.717) is 0 Å². The Morgan fingerprint density at radius 1 is 1.29 bits per heavy atom. The lowest BCUT2D eigenvalue weighted by molar-refractivity contribution is -0.457. The Morgan fingerprint density at radius 3 is 1.71 bits per heavy atom. The first-order chi connectivity index (χ1) is 3.13. The van der Waals surface area contributed by atoms with Crippen molar-refractivity contribution in [2.45, 2.75) is 13.8 Å². The van der Waals surface area contributed by atoms with Crippen LogP contribution in [0.25, 0.3) is 0 Å². The Labute approximate surface area is 45.0 Å².